The van der Waals surface area contributed by atoms with Gasteiger partial charge in [0, 0.05) is 10.2 Å². The van der Waals surface area contributed by atoms with Gasteiger partial charge >= 0.3 is 0 Å². The number of rotatable bonds is 3. The molecule has 2 aromatic carbocycles. The molecule has 0 aliphatic rings. The maximum atomic E-state index is 11.3. The Balaban J connectivity index is 2.42. The van der Waals surface area contributed by atoms with Gasteiger partial charge in [0.05, 0.1) is 16.3 Å². The highest BCUT2D eigenvalue weighted by Crippen LogP contribution is 2.31. The number of anilines is 3. The molecule has 0 amide bonds. The molecule has 0 saturated heterocycles. The molecule has 21 heavy (non-hydrogen) atoms. The second-order valence-corrected chi connectivity index (χ2v) is 7.31. The van der Waals surface area contributed by atoms with Crippen LogP contribution >= 0.6 is 15.9 Å². The number of aryl methyl sites for hydroxylation is 2. The molecular formula is C14H16BrN3O2S. The summed E-state index contributed by atoms with van der Waals surface area (Å²) < 4.78 is 23.6. The molecule has 0 atom stereocenters. The Hall–Kier alpha value is -1.57. The van der Waals surface area contributed by atoms with E-state index >= 15 is 0 Å². The van der Waals surface area contributed by atoms with Gasteiger partial charge in [-0.25, -0.2) is 13.6 Å². The SMILES string of the molecule is Cc1cc(Br)cc(C)c1Nc1ccc(S(N)(=O)=O)cc1N. The quantitative estimate of drug-likeness (QED) is 0.724. The van der Waals surface area contributed by atoms with E-state index in [4.69, 9.17) is 10.9 Å². The molecule has 0 heterocycles. The van der Waals surface area contributed by atoms with Crippen LogP contribution in [0.3, 0.4) is 0 Å². The molecule has 0 aromatic heterocycles. The van der Waals surface area contributed by atoms with Crippen LogP contribution in [0.1, 0.15) is 11.1 Å². The minimum atomic E-state index is -3.75. The highest BCUT2D eigenvalue weighted by atomic mass is 79.9. The van der Waals surface area contributed by atoms with Gasteiger partial charge in [-0.1, -0.05) is 15.9 Å². The molecule has 112 valence electrons. The molecule has 0 aliphatic heterocycles. The molecule has 0 unspecified atom stereocenters. The first-order valence-electron chi connectivity index (χ1n) is 6.14. The van der Waals surface area contributed by atoms with E-state index < -0.39 is 10.0 Å². The van der Waals surface area contributed by atoms with Crippen LogP contribution in [0.15, 0.2) is 39.7 Å². The lowest BCUT2D eigenvalue weighted by atomic mass is 10.1. The van der Waals surface area contributed by atoms with Crippen molar-refractivity contribution in [1.29, 1.82) is 0 Å². The third-order valence-corrected chi connectivity index (χ3v) is 4.48. The normalized spacial score (nSPS) is 11.4. The monoisotopic (exact) mass is 369 g/mol. The molecule has 7 heteroatoms. The van der Waals surface area contributed by atoms with E-state index in [1.54, 1.807) is 6.07 Å². The van der Waals surface area contributed by atoms with Gasteiger partial charge in [-0.05, 0) is 55.3 Å². The summed E-state index contributed by atoms with van der Waals surface area (Å²) in [5.74, 6) is 0. The molecule has 5 nitrogen and oxygen atoms in total. The standard InChI is InChI=1S/C14H16BrN3O2S/c1-8-5-10(15)6-9(2)14(8)18-13-4-3-11(7-12(13)16)21(17,19)20/h3-7,18H,16H2,1-2H3,(H2,17,19,20). The average molecular weight is 370 g/mol. The third kappa shape index (κ3) is 3.55. The Morgan fingerprint density at radius 1 is 1.10 bits per heavy atom. The fraction of sp³-hybridized carbons (Fsp3) is 0.143. The maximum absolute atomic E-state index is 11.3. The van der Waals surface area contributed by atoms with Crippen molar-refractivity contribution in [3.8, 4) is 0 Å². The number of hydrogen-bond donors (Lipinski definition) is 3. The first-order chi connectivity index (χ1) is 9.68. The highest BCUT2D eigenvalue weighted by molar-refractivity contribution is 9.10. The van der Waals surface area contributed by atoms with Crippen molar-refractivity contribution < 1.29 is 8.42 Å². The van der Waals surface area contributed by atoms with Crippen molar-refractivity contribution in [2.75, 3.05) is 11.1 Å². The molecule has 0 aliphatic carbocycles. The maximum Gasteiger partial charge on any atom is 0.238 e. The summed E-state index contributed by atoms with van der Waals surface area (Å²) in [6.45, 7) is 3.96. The summed E-state index contributed by atoms with van der Waals surface area (Å²) in [6.07, 6.45) is 0. The molecular weight excluding hydrogens is 354 g/mol. The number of nitrogens with one attached hydrogen (secondary N) is 1. The van der Waals surface area contributed by atoms with Crippen molar-refractivity contribution in [3.63, 3.8) is 0 Å². The van der Waals surface area contributed by atoms with Gasteiger partial charge in [0.2, 0.25) is 10.0 Å². The van der Waals surface area contributed by atoms with Crippen molar-refractivity contribution in [3.05, 3.63) is 45.9 Å². The minimum absolute atomic E-state index is 0.00481. The summed E-state index contributed by atoms with van der Waals surface area (Å²) in [7, 11) is -3.75. The van der Waals surface area contributed by atoms with E-state index in [0.717, 1.165) is 21.3 Å². The van der Waals surface area contributed by atoms with Gasteiger partial charge in [0.15, 0.2) is 0 Å². The molecule has 5 N–H and O–H groups in total. The lowest BCUT2D eigenvalue weighted by molar-refractivity contribution is 0.598. The smallest absolute Gasteiger partial charge is 0.238 e. The van der Waals surface area contributed by atoms with Crippen molar-refractivity contribution in [2.24, 2.45) is 5.14 Å². The van der Waals surface area contributed by atoms with E-state index in [0.29, 0.717) is 11.4 Å². The second-order valence-electron chi connectivity index (χ2n) is 4.83. The lowest BCUT2D eigenvalue weighted by Gasteiger charge is -2.15. The number of benzene rings is 2. The zero-order valence-corrected chi connectivity index (χ0v) is 14.0. The number of halogens is 1. The van der Waals surface area contributed by atoms with Crippen molar-refractivity contribution >= 4 is 43.0 Å². The fourth-order valence-electron chi connectivity index (χ4n) is 2.07. The molecule has 0 radical (unpaired) electrons. The van der Waals surface area contributed by atoms with Gasteiger partial charge in [0.1, 0.15) is 0 Å². The van der Waals surface area contributed by atoms with Gasteiger partial charge in [-0.2, -0.15) is 0 Å². The summed E-state index contributed by atoms with van der Waals surface area (Å²) in [5.41, 5.74) is 9.91. The van der Waals surface area contributed by atoms with Crippen LogP contribution in [0.5, 0.6) is 0 Å². The van der Waals surface area contributed by atoms with E-state index in [2.05, 4.69) is 21.2 Å². The van der Waals surface area contributed by atoms with Crippen LogP contribution in [0.2, 0.25) is 0 Å². The largest absolute Gasteiger partial charge is 0.397 e. The van der Waals surface area contributed by atoms with E-state index in [1.807, 2.05) is 26.0 Å². The Bertz CT molecular complexity index is 781. The van der Waals surface area contributed by atoms with Crippen LogP contribution in [0.4, 0.5) is 17.1 Å². The molecule has 0 bridgehead atoms. The van der Waals surface area contributed by atoms with Crippen molar-refractivity contribution in [2.45, 2.75) is 18.7 Å². The summed E-state index contributed by atoms with van der Waals surface area (Å²) >= 11 is 3.45. The molecule has 0 fully saturated rings. The zero-order chi connectivity index (χ0) is 15.8. The third-order valence-electron chi connectivity index (χ3n) is 3.11. The Morgan fingerprint density at radius 3 is 2.14 bits per heavy atom. The first-order valence-corrected chi connectivity index (χ1v) is 8.48. The first kappa shape index (κ1) is 15.8. The second kappa shape index (κ2) is 5.67. The molecule has 2 aromatic rings. The molecule has 0 saturated carbocycles. The molecule has 2 rings (SSSR count). The Morgan fingerprint density at radius 2 is 1.67 bits per heavy atom. The van der Waals surface area contributed by atoms with E-state index in [-0.39, 0.29) is 4.90 Å². The molecule has 0 spiro atoms. The number of hydrogen-bond acceptors (Lipinski definition) is 4. The average Bonchev–Trinajstić information content (AvgIpc) is 2.33. The van der Waals surface area contributed by atoms with Crippen LogP contribution in [0, 0.1) is 13.8 Å². The predicted molar refractivity (Wildman–Crippen MR) is 89.1 cm³/mol. The fourth-order valence-corrected chi connectivity index (χ4v) is 3.31. The topological polar surface area (TPSA) is 98.2 Å². The number of primary sulfonamides is 1. The minimum Gasteiger partial charge on any atom is -0.397 e. The van der Waals surface area contributed by atoms with Crippen LogP contribution in [0.25, 0.3) is 0 Å². The van der Waals surface area contributed by atoms with Crippen LogP contribution in [-0.4, -0.2) is 8.42 Å². The van der Waals surface area contributed by atoms with Gasteiger partial charge in [-0.3, -0.25) is 0 Å². The van der Waals surface area contributed by atoms with Crippen LogP contribution in [-0.2, 0) is 10.0 Å². The number of nitrogens with two attached hydrogens (primary N) is 2. The Kier molecular flexibility index (Phi) is 4.27. The van der Waals surface area contributed by atoms with E-state index in [9.17, 15) is 8.42 Å². The van der Waals surface area contributed by atoms with Crippen LogP contribution < -0.4 is 16.2 Å². The predicted octanol–water partition coefficient (Wildman–Crippen LogP) is 3.04. The summed E-state index contributed by atoms with van der Waals surface area (Å²) in [5, 5.41) is 8.32. The Labute approximate surface area is 132 Å². The van der Waals surface area contributed by atoms with Crippen molar-refractivity contribution in [1.82, 2.24) is 0 Å². The summed E-state index contributed by atoms with van der Waals surface area (Å²) in [6, 6.07) is 8.36. The summed E-state index contributed by atoms with van der Waals surface area (Å²) in [4.78, 5) is -0.00481. The van der Waals surface area contributed by atoms with Gasteiger partial charge in [0.25, 0.3) is 0 Å². The number of nitrogen functional groups attached to an aromatic ring is 1. The lowest BCUT2D eigenvalue weighted by Crippen LogP contribution is -2.12. The van der Waals surface area contributed by atoms with Gasteiger partial charge in [-0.15, -0.1) is 0 Å². The zero-order valence-electron chi connectivity index (χ0n) is 11.6. The number of sulfonamides is 1. The highest BCUT2D eigenvalue weighted by Gasteiger charge is 2.11. The van der Waals surface area contributed by atoms with E-state index in [1.165, 1.54) is 12.1 Å². The van der Waals surface area contributed by atoms with Gasteiger partial charge < -0.3 is 11.1 Å².